The Balaban J connectivity index is 4.18. The number of carbonyl (C=O) groups is 3. The largest absolute Gasteiger partial charge is 0.481 e. The van der Waals surface area contributed by atoms with Gasteiger partial charge in [0, 0.05) is 26.6 Å². The number of carbonyl (C=O) groups excluding carboxylic acids is 2. The quantitative estimate of drug-likeness (QED) is 0.614. The van der Waals surface area contributed by atoms with Crippen molar-refractivity contribution in [2.45, 2.75) is 20.8 Å². The van der Waals surface area contributed by atoms with Crippen LogP contribution in [-0.4, -0.2) is 53.8 Å². The van der Waals surface area contributed by atoms with E-state index in [9.17, 15) is 14.4 Å². The predicted molar refractivity (Wildman–Crippen MR) is 62.6 cm³/mol. The van der Waals surface area contributed by atoms with Gasteiger partial charge in [0.25, 0.3) is 0 Å². The van der Waals surface area contributed by atoms with E-state index in [1.165, 1.54) is 13.8 Å². The molecular formula is C11H20N2O4. The molecule has 0 aliphatic rings. The summed E-state index contributed by atoms with van der Waals surface area (Å²) in [5.74, 6) is -1.59. The Kier molecular flexibility index (Phi) is 7.13. The fourth-order valence-electron chi connectivity index (χ4n) is 1.41. The lowest BCUT2D eigenvalue weighted by molar-refractivity contribution is -0.142. The normalized spacial score (nSPS) is 12.2. The molecule has 0 aromatic heterocycles. The van der Waals surface area contributed by atoms with Gasteiger partial charge in [0.05, 0.1) is 12.5 Å². The van der Waals surface area contributed by atoms with Crippen LogP contribution in [0.25, 0.3) is 0 Å². The molecule has 0 aromatic rings. The summed E-state index contributed by atoms with van der Waals surface area (Å²) in [6.45, 7) is 5.84. The number of amides is 1. The fourth-order valence-corrected chi connectivity index (χ4v) is 1.41. The van der Waals surface area contributed by atoms with Gasteiger partial charge in [0.15, 0.2) is 0 Å². The Morgan fingerprint density at radius 2 is 1.88 bits per heavy atom. The van der Waals surface area contributed by atoms with Crippen LogP contribution in [0, 0.1) is 5.92 Å². The summed E-state index contributed by atoms with van der Waals surface area (Å²) >= 11 is 0. The van der Waals surface area contributed by atoms with Gasteiger partial charge in [-0.25, -0.2) is 0 Å². The lowest BCUT2D eigenvalue weighted by Crippen LogP contribution is -2.40. The zero-order valence-electron chi connectivity index (χ0n) is 10.5. The Morgan fingerprint density at radius 3 is 2.29 bits per heavy atom. The molecule has 0 fully saturated rings. The summed E-state index contributed by atoms with van der Waals surface area (Å²) in [4.78, 5) is 34.2. The number of aliphatic carboxylic acids is 1. The molecule has 2 N–H and O–H groups in total. The average molecular weight is 244 g/mol. The number of Topliss-reactive ketones (excluding diaryl/α,β-unsaturated/α-hetero) is 1. The second-order valence-electron chi connectivity index (χ2n) is 4.16. The molecule has 1 unspecified atom stereocenters. The van der Waals surface area contributed by atoms with Gasteiger partial charge in [0.2, 0.25) is 5.91 Å². The van der Waals surface area contributed by atoms with Gasteiger partial charge in [-0.15, -0.1) is 0 Å². The Morgan fingerprint density at radius 1 is 1.29 bits per heavy atom. The molecule has 0 rings (SSSR count). The third-order valence-corrected chi connectivity index (χ3v) is 2.20. The van der Waals surface area contributed by atoms with Gasteiger partial charge in [-0.3, -0.25) is 19.3 Å². The van der Waals surface area contributed by atoms with Crippen molar-refractivity contribution in [2.24, 2.45) is 5.92 Å². The highest BCUT2D eigenvalue weighted by Gasteiger charge is 2.16. The maximum absolute atomic E-state index is 11.0. The molecule has 6 nitrogen and oxygen atoms in total. The molecule has 0 radical (unpaired) electrons. The van der Waals surface area contributed by atoms with Crippen LogP contribution < -0.4 is 5.32 Å². The van der Waals surface area contributed by atoms with Crippen molar-refractivity contribution in [3.05, 3.63) is 0 Å². The first kappa shape index (κ1) is 15.6. The number of carboxylic acids is 1. The first-order valence-corrected chi connectivity index (χ1v) is 5.52. The van der Waals surface area contributed by atoms with Crippen LogP contribution >= 0.6 is 0 Å². The van der Waals surface area contributed by atoms with Gasteiger partial charge in [-0.05, 0) is 6.92 Å². The first-order valence-electron chi connectivity index (χ1n) is 5.52. The molecular weight excluding hydrogens is 224 g/mol. The minimum Gasteiger partial charge on any atom is -0.481 e. The van der Waals surface area contributed by atoms with E-state index < -0.39 is 11.9 Å². The molecule has 0 saturated carbocycles. The van der Waals surface area contributed by atoms with E-state index in [2.05, 4.69) is 5.32 Å². The van der Waals surface area contributed by atoms with Crippen molar-refractivity contribution in [1.82, 2.24) is 10.2 Å². The standard InChI is InChI=1S/C11H20N2O4/c1-8(11(16)17)6-13(7-9(2)14)5-4-12-10(3)15/h8H,4-7H2,1-3H3,(H,12,15)(H,16,17). The maximum Gasteiger partial charge on any atom is 0.307 e. The van der Waals surface area contributed by atoms with E-state index in [1.54, 1.807) is 11.8 Å². The summed E-state index contributed by atoms with van der Waals surface area (Å²) < 4.78 is 0. The van der Waals surface area contributed by atoms with Gasteiger partial charge >= 0.3 is 5.97 Å². The molecule has 1 amide bonds. The minimum atomic E-state index is -0.891. The minimum absolute atomic E-state index is 0.0228. The number of rotatable bonds is 8. The molecule has 0 saturated heterocycles. The molecule has 0 aliphatic heterocycles. The van der Waals surface area contributed by atoms with Crippen LogP contribution in [0.1, 0.15) is 20.8 Å². The molecule has 0 spiro atoms. The van der Waals surface area contributed by atoms with Crippen molar-refractivity contribution in [2.75, 3.05) is 26.2 Å². The van der Waals surface area contributed by atoms with Gasteiger partial charge in [-0.1, -0.05) is 6.92 Å². The van der Waals surface area contributed by atoms with E-state index in [-0.39, 0.29) is 18.2 Å². The van der Waals surface area contributed by atoms with Crippen molar-refractivity contribution in [3.63, 3.8) is 0 Å². The van der Waals surface area contributed by atoms with E-state index in [0.29, 0.717) is 19.6 Å². The molecule has 0 aliphatic carbocycles. The van der Waals surface area contributed by atoms with Crippen LogP contribution in [0.2, 0.25) is 0 Å². The summed E-state index contributed by atoms with van der Waals surface area (Å²) in [7, 11) is 0. The van der Waals surface area contributed by atoms with E-state index in [1.807, 2.05) is 0 Å². The Hall–Kier alpha value is -1.43. The molecule has 17 heavy (non-hydrogen) atoms. The molecule has 0 heterocycles. The average Bonchev–Trinajstić information content (AvgIpc) is 2.15. The maximum atomic E-state index is 11.0. The highest BCUT2D eigenvalue weighted by molar-refractivity contribution is 5.77. The summed E-state index contributed by atoms with van der Waals surface area (Å²) in [6.07, 6.45) is 0. The zero-order chi connectivity index (χ0) is 13.4. The van der Waals surface area contributed by atoms with Crippen LogP contribution in [0.4, 0.5) is 0 Å². The fraction of sp³-hybridized carbons (Fsp3) is 0.727. The Bertz CT molecular complexity index is 291. The topological polar surface area (TPSA) is 86.7 Å². The highest BCUT2D eigenvalue weighted by Crippen LogP contribution is 2.00. The second kappa shape index (κ2) is 7.78. The van der Waals surface area contributed by atoms with Crippen LogP contribution in [0.15, 0.2) is 0 Å². The molecule has 6 heteroatoms. The third-order valence-electron chi connectivity index (χ3n) is 2.20. The van der Waals surface area contributed by atoms with Crippen LogP contribution in [0.5, 0.6) is 0 Å². The molecule has 0 aromatic carbocycles. The third kappa shape index (κ3) is 8.38. The number of carboxylic acid groups (broad SMARTS) is 1. The van der Waals surface area contributed by atoms with Crippen molar-refractivity contribution in [1.29, 1.82) is 0 Å². The van der Waals surface area contributed by atoms with Crippen LogP contribution in [0.3, 0.4) is 0 Å². The lowest BCUT2D eigenvalue weighted by Gasteiger charge is -2.22. The summed E-state index contributed by atoms with van der Waals surface area (Å²) in [6, 6.07) is 0. The predicted octanol–water partition coefficient (Wildman–Crippen LogP) is -0.266. The number of nitrogens with one attached hydrogen (secondary N) is 1. The van der Waals surface area contributed by atoms with E-state index in [4.69, 9.17) is 5.11 Å². The van der Waals surface area contributed by atoms with Crippen molar-refractivity contribution >= 4 is 17.7 Å². The van der Waals surface area contributed by atoms with E-state index in [0.717, 1.165) is 0 Å². The number of hydrogen-bond donors (Lipinski definition) is 2. The molecule has 1 atom stereocenters. The molecule has 0 bridgehead atoms. The molecule has 98 valence electrons. The summed E-state index contributed by atoms with van der Waals surface area (Å²) in [5.41, 5.74) is 0. The lowest BCUT2D eigenvalue weighted by atomic mass is 10.1. The van der Waals surface area contributed by atoms with E-state index >= 15 is 0 Å². The van der Waals surface area contributed by atoms with Crippen molar-refractivity contribution < 1.29 is 19.5 Å². The highest BCUT2D eigenvalue weighted by atomic mass is 16.4. The number of nitrogens with zero attached hydrogens (tertiary/aromatic N) is 1. The first-order chi connectivity index (χ1) is 7.82. The SMILES string of the molecule is CC(=O)CN(CCNC(C)=O)CC(C)C(=O)O. The van der Waals surface area contributed by atoms with Crippen molar-refractivity contribution in [3.8, 4) is 0 Å². The second-order valence-corrected chi connectivity index (χ2v) is 4.16. The van der Waals surface area contributed by atoms with Gasteiger partial charge < -0.3 is 10.4 Å². The van der Waals surface area contributed by atoms with Crippen LogP contribution in [-0.2, 0) is 14.4 Å². The van der Waals surface area contributed by atoms with Gasteiger partial charge in [0.1, 0.15) is 5.78 Å². The summed E-state index contributed by atoms with van der Waals surface area (Å²) in [5, 5.41) is 11.4. The zero-order valence-corrected chi connectivity index (χ0v) is 10.5. The Labute approximate surface area is 101 Å². The monoisotopic (exact) mass is 244 g/mol. The smallest absolute Gasteiger partial charge is 0.307 e. The van der Waals surface area contributed by atoms with Gasteiger partial charge in [-0.2, -0.15) is 0 Å². The number of hydrogen-bond acceptors (Lipinski definition) is 4. The number of ketones is 1.